The minimum atomic E-state index is -0.0270. The van der Waals surface area contributed by atoms with Gasteiger partial charge in [0.1, 0.15) is 5.82 Å². The van der Waals surface area contributed by atoms with Gasteiger partial charge in [-0.15, -0.1) is 11.3 Å². The Morgan fingerprint density at radius 3 is 2.94 bits per heavy atom. The van der Waals surface area contributed by atoms with Gasteiger partial charge in [-0.2, -0.15) is 0 Å². The first-order valence-corrected chi connectivity index (χ1v) is 6.51. The van der Waals surface area contributed by atoms with Gasteiger partial charge in [-0.05, 0) is 23.6 Å². The Morgan fingerprint density at radius 1 is 1.44 bits per heavy atom. The van der Waals surface area contributed by atoms with E-state index in [1.165, 1.54) is 4.88 Å². The van der Waals surface area contributed by atoms with Crippen molar-refractivity contribution in [3.63, 3.8) is 0 Å². The van der Waals surface area contributed by atoms with Gasteiger partial charge in [-0.1, -0.05) is 6.07 Å². The number of anilines is 1. The lowest BCUT2D eigenvalue weighted by Gasteiger charge is -2.17. The molecule has 0 aliphatic carbocycles. The number of nitrogens with one attached hydrogen (secondary N) is 1. The molecular formula is C13H15N3OS. The van der Waals surface area contributed by atoms with Crippen LogP contribution in [0.5, 0.6) is 0 Å². The zero-order chi connectivity index (χ0) is 13.0. The van der Waals surface area contributed by atoms with Crippen LogP contribution in [-0.4, -0.2) is 29.9 Å². The lowest BCUT2D eigenvalue weighted by Crippen LogP contribution is -2.26. The molecule has 0 atom stereocenters. The van der Waals surface area contributed by atoms with Gasteiger partial charge < -0.3 is 10.2 Å². The molecule has 2 heterocycles. The second-order valence-electron chi connectivity index (χ2n) is 3.89. The van der Waals surface area contributed by atoms with Crippen molar-refractivity contribution in [2.45, 2.75) is 6.54 Å². The molecule has 2 rings (SSSR count). The molecule has 0 bridgehead atoms. The summed E-state index contributed by atoms with van der Waals surface area (Å²) in [5, 5.41) is 4.94. The van der Waals surface area contributed by atoms with Gasteiger partial charge in [-0.25, -0.2) is 4.98 Å². The molecule has 5 heteroatoms. The third-order valence-electron chi connectivity index (χ3n) is 2.59. The molecule has 0 spiro atoms. The standard InChI is InChI=1S/C13H15N3OS/c1-14-12-11(6-3-7-15-12)13(17)16(2)9-10-5-4-8-18-10/h3-8H,9H2,1-2H3,(H,14,15). The van der Waals surface area contributed by atoms with Crippen LogP contribution in [-0.2, 0) is 6.54 Å². The highest BCUT2D eigenvalue weighted by molar-refractivity contribution is 7.09. The van der Waals surface area contributed by atoms with Crippen LogP contribution in [0.3, 0.4) is 0 Å². The van der Waals surface area contributed by atoms with E-state index in [0.717, 1.165) is 0 Å². The molecule has 0 saturated carbocycles. The Morgan fingerprint density at radius 2 is 2.28 bits per heavy atom. The average molecular weight is 261 g/mol. The van der Waals surface area contributed by atoms with Crippen LogP contribution in [0.25, 0.3) is 0 Å². The van der Waals surface area contributed by atoms with Crippen LogP contribution < -0.4 is 5.32 Å². The third-order valence-corrected chi connectivity index (χ3v) is 3.46. The van der Waals surface area contributed by atoms with E-state index in [0.29, 0.717) is 17.9 Å². The SMILES string of the molecule is CNc1ncccc1C(=O)N(C)Cc1cccs1. The molecule has 0 aliphatic rings. The monoisotopic (exact) mass is 261 g/mol. The molecule has 2 aromatic heterocycles. The summed E-state index contributed by atoms with van der Waals surface area (Å²) in [6.07, 6.45) is 1.67. The van der Waals surface area contributed by atoms with Crippen LogP contribution >= 0.6 is 11.3 Å². The molecular weight excluding hydrogens is 246 g/mol. The van der Waals surface area contributed by atoms with Crippen molar-refractivity contribution < 1.29 is 4.79 Å². The maximum absolute atomic E-state index is 12.3. The van der Waals surface area contributed by atoms with E-state index in [2.05, 4.69) is 10.3 Å². The molecule has 1 amide bonds. The number of aromatic nitrogens is 1. The van der Waals surface area contributed by atoms with Crippen LogP contribution in [0.15, 0.2) is 35.8 Å². The second kappa shape index (κ2) is 5.64. The Kier molecular flexibility index (Phi) is 3.94. The second-order valence-corrected chi connectivity index (χ2v) is 4.92. The zero-order valence-corrected chi connectivity index (χ0v) is 11.2. The van der Waals surface area contributed by atoms with Crippen LogP contribution in [0.2, 0.25) is 0 Å². The van der Waals surface area contributed by atoms with Gasteiger partial charge >= 0.3 is 0 Å². The van der Waals surface area contributed by atoms with Crippen molar-refractivity contribution in [3.05, 3.63) is 46.3 Å². The van der Waals surface area contributed by atoms with Gasteiger partial charge in [0.2, 0.25) is 0 Å². The number of carbonyl (C=O) groups excluding carboxylic acids is 1. The Bertz CT molecular complexity index is 525. The molecule has 2 aromatic rings. The van der Waals surface area contributed by atoms with E-state index >= 15 is 0 Å². The highest BCUT2D eigenvalue weighted by Gasteiger charge is 2.16. The average Bonchev–Trinajstić information content (AvgIpc) is 2.90. The molecule has 18 heavy (non-hydrogen) atoms. The molecule has 0 aromatic carbocycles. The number of nitrogens with zero attached hydrogens (tertiary/aromatic N) is 2. The summed E-state index contributed by atoms with van der Waals surface area (Å²) < 4.78 is 0. The number of hydrogen-bond acceptors (Lipinski definition) is 4. The van der Waals surface area contributed by atoms with Gasteiger partial charge in [-0.3, -0.25) is 4.79 Å². The van der Waals surface area contributed by atoms with Crippen LogP contribution in [0, 0.1) is 0 Å². The number of amides is 1. The Hall–Kier alpha value is -1.88. The number of rotatable bonds is 4. The fourth-order valence-electron chi connectivity index (χ4n) is 1.69. The van der Waals surface area contributed by atoms with Crippen molar-refractivity contribution in [1.82, 2.24) is 9.88 Å². The Balaban J connectivity index is 2.15. The number of hydrogen-bond donors (Lipinski definition) is 1. The maximum atomic E-state index is 12.3. The topological polar surface area (TPSA) is 45.2 Å². The van der Waals surface area contributed by atoms with Gasteiger partial charge in [0.25, 0.3) is 5.91 Å². The molecule has 94 valence electrons. The summed E-state index contributed by atoms with van der Waals surface area (Å²) in [6, 6.07) is 7.57. The largest absolute Gasteiger partial charge is 0.372 e. The smallest absolute Gasteiger partial charge is 0.257 e. The summed E-state index contributed by atoms with van der Waals surface area (Å²) in [5.41, 5.74) is 0.596. The lowest BCUT2D eigenvalue weighted by atomic mass is 10.2. The predicted octanol–water partition coefficient (Wildman–Crippen LogP) is 2.46. The fourth-order valence-corrected chi connectivity index (χ4v) is 2.45. The number of pyridine rings is 1. The minimum Gasteiger partial charge on any atom is -0.372 e. The quantitative estimate of drug-likeness (QED) is 0.919. The van der Waals surface area contributed by atoms with E-state index in [-0.39, 0.29) is 5.91 Å². The molecule has 0 aliphatic heterocycles. The molecule has 0 saturated heterocycles. The van der Waals surface area contributed by atoms with Crippen LogP contribution in [0.4, 0.5) is 5.82 Å². The summed E-state index contributed by atoms with van der Waals surface area (Å²) in [6.45, 7) is 0.620. The first kappa shape index (κ1) is 12.6. The van der Waals surface area contributed by atoms with Gasteiger partial charge in [0.15, 0.2) is 0 Å². The molecule has 0 fully saturated rings. The molecule has 0 unspecified atom stereocenters. The van der Waals surface area contributed by atoms with Crippen molar-refractivity contribution >= 4 is 23.1 Å². The van der Waals surface area contributed by atoms with Crippen molar-refractivity contribution in [3.8, 4) is 0 Å². The first-order chi connectivity index (χ1) is 8.72. The van der Waals surface area contributed by atoms with E-state index < -0.39 is 0 Å². The molecule has 1 N–H and O–H groups in total. The number of carbonyl (C=O) groups is 1. The fraction of sp³-hybridized carbons (Fsp3) is 0.231. The maximum Gasteiger partial charge on any atom is 0.257 e. The third kappa shape index (κ3) is 2.68. The summed E-state index contributed by atoms with van der Waals surface area (Å²) in [7, 11) is 3.56. The minimum absolute atomic E-state index is 0.0270. The predicted molar refractivity (Wildman–Crippen MR) is 73.9 cm³/mol. The van der Waals surface area contributed by atoms with E-state index in [9.17, 15) is 4.79 Å². The van der Waals surface area contributed by atoms with Crippen molar-refractivity contribution in [2.75, 3.05) is 19.4 Å². The lowest BCUT2D eigenvalue weighted by molar-refractivity contribution is 0.0787. The van der Waals surface area contributed by atoms with Gasteiger partial charge in [0, 0.05) is 25.2 Å². The van der Waals surface area contributed by atoms with Crippen molar-refractivity contribution in [2.24, 2.45) is 0 Å². The highest BCUT2D eigenvalue weighted by Crippen LogP contribution is 2.16. The van der Waals surface area contributed by atoms with E-state index in [1.54, 1.807) is 48.7 Å². The number of thiophene rings is 1. The highest BCUT2D eigenvalue weighted by atomic mass is 32.1. The summed E-state index contributed by atoms with van der Waals surface area (Å²) in [4.78, 5) is 19.3. The normalized spacial score (nSPS) is 10.1. The van der Waals surface area contributed by atoms with Gasteiger partial charge in [0.05, 0.1) is 12.1 Å². The van der Waals surface area contributed by atoms with E-state index in [4.69, 9.17) is 0 Å². The first-order valence-electron chi connectivity index (χ1n) is 5.63. The molecule has 4 nitrogen and oxygen atoms in total. The Labute approximate surface area is 110 Å². The summed E-state index contributed by atoms with van der Waals surface area (Å²) >= 11 is 1.65. The van der Waals surface area contributed by atoms with E-state index in [1.807, 2.05) is 17.5 Å². The van der Waals surface area contributed by atoms with Crippen LogP contribution in [0.1, 0.15) is 15.2 Å². The van der Waals surface area contributed by atoms with Crippen molar-refractivity contribution in [1.29, 1.82) is 0 Å². The summed E-state index contributed by atoms with van der Waals surface area (Å²) in [5.74, 6) is 0.585. The zero-order valence-electron chi connectivity index (χ0n) is 10.4. The molecule has 0 radical (unpaired) electrons.